The van der Waals surface area contributed by atoms with Crippen LogP contribution in [0.2, 0.25) is 0 Å². The standard InChI is InChI=1S/C21H15N3O3/c1-4-17(13-22-9-1)25-16-7-8-20(26-18-5-2-10-23-14-18)21(12-16)27-19-6-3-11-24-15-19/h1-15H. The van der Waals surface area contributed by atoms with Crippen molar-refractivity contribution in [3.63, 3.8) is 0 Å². The molecule has 0 aliphatic carbocycles. The molecular weight excluding hydrogens is 342 g/mol. The Bertz CT molecular complexity index is 997. The predicted molar refractivity (Wildman–Crippen MR) is 99.4 cm³/mol. The highest BCUT2D eigenvalue weighted by molar-refractivity contribution is 5.50. The predicted octanol–water partition coefficient (Wildman–Crippen LogP) is 5.25. The van der Waals surface area contributed by atoms with E-state index < -0.39 is 0 Å². The minimum Gasteiger partial charge on any atom is -0.456 e. The summed E-state index contributed by atoms with van der Waals surface area (Å²) in [5.41, 5.74) is 0. The number of pyridine rings is 3. The monoisotopic (exact) mass is 357 g/mol. The van der Waals surface area contributed by atoms with Crippen molar-refractivity contribution in [2.24, 2.45) is 0 Å². The van der Waals surface area contributed by atoms with Gasteiger partial charge < -0.3 is 14.2 Å². The van der Waals surface area contributed by atoms with E-state index in [4.69, 9.17) is 14.2 Å². The molecule has 0 unspecified atom stereocenters. The van der Waals surface area contributed by atoms with Crippen LogP contribution in [-0.2, 0) is 0 Å². The number of ether oxygens (including phenoxy) is 3. The summed E-state index contributed by atoms with van der Waals surface area (Å²) in [6.07, 6.45) is 9.96. The van der Waals surface area contributed by atoms with Crippen molar-refractivity contribution in [2.45, 2.75) is 0 Å². The fraction of sp³-hybridized carbons (Fsp3) is 0. The van der Waals surface area contributed by atoms with E-state index in [0.717, 1.165) is 0 Å². The van der Waals surface area contributed by atoms with E-state index in [-0.39, 0.29) is 0 Å². The molecule has 4 aromatic rings. The summed E-state index contributed by atoms with van der Waals surface area (Å²) in [6, 6.07) is 16.2. The zero-order chi connectivity index (χ0) is 18.3. The molecule has 132 valence electrons. The van der Waals surface area contributed by atoms with Crippen LogP contribution in [-0.4, -0.2) is 15.0 Å². The van der Waals surface area contributed by atoms with E-state index in [1.165, 1.54) is 0 Å². The first kappa shape index (κ1) is 16.5. The van der Waals surface area contributed by atoms with Gasteiger partial charge in [-0.15, -0.1) is 0 Å². The topological polar surface area (TPSA) is 66.4 Å². The highest BCUT2D eigenvalue weighted by Crippen LogP contribution is 2.38. The molecule has 0 N–H and O–H groups in total. The van der Waals surface area contributed by atoms with Gasteiger partial charge in [0.2, 0.25) is 0 Å². The van der Waals surface area contributed by atoms with E-state index in [1.807, 2.05) is 24.3 Å². The number of benzene rings is 1. The molecule has 0 aliphatic heterocycles. The normalized spacial score (nSPS) is 10.2. The van der Waals surface area contributed by atoms with Crippen molar-refractivity contribution >= 4 is 0 Å². The Labute approximate surface area is 156 Å². The Balaban J connectivity index is 1.65. The number of hydrogen-bond donors (Lipinski definition) is 0. The first-order valence-electron chi connectivity index (χ1n) is 8.24. The van der Waals surface area contributed by atoms with E-state index in [0.29, 0.717) is 34.5 Å². The van der Waals surface area contributed by atoms with Crippen LogP contribution in [0, 0.1) is 0 Å². The zero-order valence-corrected chi connectivity index (χ0v) is 14.2. The molecule has 3 heterocycles. The number of nitrogens with zero attached hydrogens (tertiary/aromatic N) is 3. The maximum absolute atomic E-state index is 5.96. The number of aromatic nitrogens is 3. The van der Waals surface area contributed by atoms with Crippen molar-refractivity contribution in [3.8, 4) is 34.5 Å². The van der Waals surface area contributed by atoms with Gasteiger partial charge in [0.05, 0.1) is 18.6 Å². The number of rotatable bonds is 6. The van der Waals surface area contributed by atoms with Crippen molar-refractivity contribution < 1.29 is 14.2 Å². The van der Waals surface area contributed by atoms with Crippen LogP contribution in [0.25, 0.3) is 0 Å². The van der Waals surface area contributed by atoms with E-state index in [2.05, 4.69) is 15.0 Å². The van der Waals surface area contributed by atoms with Crippen molar-refractivity contribution in [1.82, 2.24) is 15.0 Å². The molecule has 4 rings (SSSR count). The van der Waals surface area contributed by atoms with Crippen molar-refractivity contribution in [1.29, 1.82) is 0 Å². The molecule has 0 aliphatic rings. The van der Waals surface area contributed by atoms with Crippen molar-refractivity contribution in [3.05, 3.63) is 91.8 Å². The largest absolute Gasteiger partial charge is 0.456 e. The van der Waals surface area contributed by atoms with Crippen LogP contribution < -0.4 is 14.2 Å². The second-order valence-corrected chi connectivity index (χ2v) is 5.48. The molecule has 1 aromatic carbocycles. The smallest absolute Gasteiger partial charge is 0.173 e. The van der Waals surface area contributed by atoms with Crippen LogP contribution in [0.4, 0.5) is 0 Å². The third kappa shape index (κ3) is 4.38. The Hall–Kier alpha value is -3.93. The van der Waals surface area contributed by atoms with Crippen LogP contribution in [0.3, 0.4) is 0 Å². The lowest BCUT2D eigenvalue weighted by Gasteiger charge is -2.14. The van der Waals surface area contributed by atoms with Gasteiger partial charge in [-0.3, -0.25) is 15.0 Å². The Morgan fingerprint density at radius 2 is 1.00 bits per heavy atom. The van der Waals surface area contributed by atoms with Crippen LogP contribution in [0.5, 0.6) is 34.5 Å². The van der Waals surface area contributed by atoms with Gasteiger partial charge in [0, 0.05) is 24.7 Å². The molecule has 0 fully saturated rings. The lowest BCUT2D eigenvalue weighted by Crippen LogP contribution is -1.93. The van der Waals surface area contributed by atoms with Crippen LogP contribution >= 0.6 is 0 Å². The summed E-state index contributed by atoms with van der Waals surface area (Å²) in [5, 5.41) is 0. The van der Waals surface area contributed by atoms with Gasteiger partial charge in [-0.25, -0.2) is 0 Å². The fourth-order valence-corrected chi connectivity index (χ4v) is 2.33. The summed E-state index contributed by atoms with van der Waals surface area (Å²) in [6.45, 7) is 0. The molecule has 0 amide bonds. The van der Waals surface area contributed by atoms with Gasteiger partial charge in [0.15, 0.2) is 11.5 Å². The maximum Gasteiger partial charge on any atom is 0.173 e. The molecule has 0 bridgehead atoms. The first-order chi connectivity index (χ1) is 13.4. The lowest BCUT2D eigenvalue weighted by molar-refractivity contribution is 0.410. The fourth-order valence-electron chi connectivity index (χ4n) is 2.33. The Kier molecular flexibility index (Phi) is 4.88. The molecule has 3 aromatic heterocycles. The average molecular weight is 357 g/mol. The number of hydrogen-bond acceptors (Lipinski definition) is 6. The van der Waals surface area contributed by atoms with E-state index >= 15 is 0 Å². The SMILES string of the molecule is c1cncc(Oc2ccc(Oc3cccnc3)c(Oc3cccnc3)c2)c1. The molecule has 0 saturated carbocycles. The highest BCUT2D eigenvalue weighted by Gasteiger charge is 2.11. The summed E-state index contributed by atoms with van der Waals surface area (Å²) >= 11 is 0. The van der Waals surface area contributed by atoms with E-state index in [9.17, 15) is 0 Å². The van der Waals surface area contributed by atoms with Crippen LogP contribution in [0.1, 0.15) is 0 Å². The molecule has 6 heteroatoms. The average Bonchev–Trinajstić information content (AvgIpc) is 2.72. The van der Waals surface area contributed by atoms with Gasteiger partial charge in [0.25, 0.3) is 0 Å². The van der Waals surface area contributed by atoms with Crippen LogP contribution in [0.15, 0.2) is 91.8 Å². The minimum absolute atomic E-state index is 0.494. The maximum atomic E-state index is 5.96. The van der Waals surface area contributed by atoms with Crippen molar-refractivity contribution in [2.75, 3.05) is 0 Å². The zero-order valence-electron chi connectivity index (χ0n) is 14.2. The minimum atomic E-state index is 0.494. The molecule has 6 nitrogen and oxygen atoms in total. The second-order valence-electron chi connectivity index (χ2n) is 5.48. The lowest BCUT2D eigenvalue weighted by atomic mass is 10.3. The molecule has 0 radical (unpaired) electrons. The summed E-state index contributed by atoms with van der Waals surface area (Å²) in [4.78, 5) is 12.2. The van der Waals surface area contributed by atoms with Gasteiger partial charge >= 0.3 is 0 Å². The molecule has 27 heavy (non-hydrogen) atoms. The molecular formula is C21H15N3O3. The van der Waals surface area contributed by atoms with Gasteiger partial charge in [-0.1, -0.05) is 0 Å². The van der Waals surface area contributed by atoms with Gasteiger partial charge in [0.1, 0.15) is 23.0 Å². The Morgan fingerprint density at radius 3 is 1.52 bits per heavy atom. The summed E-state index contributed by atoms with van der Waals surface area (Å²) < 4.78 is 17.7. The second kappa shape index (κ2) is 7.97. The highest BCUT2D eigenvalue weighted by atomic mass is 16.5. The third-order valence-corrected chi connectivity index (χ3v) is 3.51. The quantitative estimate of drug-likeness (QED) is 0.470. The first-order valence-corrected chi connectivity index (χ1v) is 8.24. The summed E-state index contributed by atoms with van der Waals surface area (Å²) in [5.74, 6) is 3.45. The van der Waals surface area contributed by atoms with E-state index in [1.54, 1.807) is 67.5 Å². The molecule has 0 atom stereocenters. The van der Waals surface area contributed by atoms with Gasteiger partial charge in [-0.05, 0) is 48.5 Å². The molecule has 0 spiro atoms. The summed E-state index contributed by atoms with van der Waals surface area (Å²) in [7, 11) is 0. The molecule has 0 saturated heterocycles. The Morgan fingerprint density at radius 1 is 0.481 bits per heavy atom. The third-order valence-electron chi connectivity index (χ3n) is 3.51. The van der Waals surface area contributed by atoms with Gasteiger partial charge in [-0.2, -0.15) is 0 Å².